The van der Waals surface area contributed by atoms with Crippen LogP contribution in [0.5, 0.6) is 0 Å². The van der Waals surface area contributed by atoms with Crippen LogP contribution in [0, 0.1) is 0 Å². The molecule has 0 aromatic carbocycles. The summed E-state index contributed by atoms with van der Waals surface area (Å²) < 4.78 is 34.1. The fraction of sp³-hybridized carbons (Fsp3) is 0.712. The van der Waals surface area contributed by atoms with Crippen LogP contribution in [0.25, 0.3) is 0 Å². The molecule has 3 aliphatic heterocycles. The lowest BCUT2D eigenvalue weighted by Crippen LogP contribution is -2.66. The van der Waals surface area contributed by atoms with Gasteiger partial charge in [0.2, 0.25) is 5.91 Å². The number of hydrogen-bond acceptors (Lipinski definition) is 18. The van der Waals surface area contributed by atoms with E-state index >= 15 is 0 Å². The molecule has 78 heavy (non-hydrogen) atoms. The summed E-state index contributed by atoms with van der Waals surface area (Å²) in [4.78, 5) is 13.3. The van der Waals surface area contributed by atoms with Crippen LogP contribution in [-0.4, -0.2) is 193 Å². The zero-order valence-corrected chi connectivity index (χ0v) is 46.1. The molecule has 446 valence electrons. The fourth-order valence-corrected chi connectivity index (χ4v) is 8.91. The third-order valence-corrected chi connectivity index (χ3v) is 13.6. The van der Waals surface area contributed by atoms with E-state index in [0.717, 1.165) is 70.6 Å². The minimum Gasteiger partial charge on any atom is -0.394 e. The quantitative estimate of drug-likeness (QED) is 0.0303. The van der Waals surface area contributed by atoms with Crippen LogP contribution in [0.15, 0.2) is 97.2 Å². The van der Waals surface area contributed by atoms with Gasteiger partial charge in [0.15, 0.2) is 18.9 Å². The highest BCUT2D eigenvalue weighted by Crippen LogP contribution is 2.33. The number of aliphatic hydroxyl groups is 11. The maximum atomic E-state index is 13.3. The molecule has 1 amide bonds. The molecule has 3 heterocycles. The summed E-state index contributed by atoms with van der Waals surface area (Å²) in [6.45, 7) is 1.49. The number of carbonyl (C=O) groups is 1. The van der Waals surface area contributed by atoms with Crippen molar-refractivity contribution in [1.82, 2.24) is 5.32 Å². The molecule has 0 spiro atoms. The Labute approximate surface area is 463 Å². The highest BCUT2D eigenvalue weighted by molar-refractivity contribution is 5.76. The molecule has 3 fully saturated rings. The van der Waals surface area contributed by atoms with Gasteiger partial charge in [-0.1, -0.05) is 143 Å². The zero-order chi connectivity index (χ0) is 56.9. The number of ether oxygens (including phenoxy) is 6. The van der Waals surface area contributed by atoms with E-state index in [0.29, 0.717) is 12.8 Å². The van der Waals surface area contributed by atoms with Crippen LogP contribution in [0.1, 0.15) is 136 Å². The molecule has 3 aliphatic rings. The molecule has 17 unspecified atom stereocenters. The number of allylic oxidation sites excluding steroid dienone is 15. The lowest BCUT2D eigenvalue weighted by Gasteiger charge is -2.48. The second-order valence-electron chi connectivity index (χ2n) is 20.0. The largest absolute Gasteiger partial charge is 0.394 e. The van der Waals surface area contributed by atoms with E-state index in [9.17, 15) is 61.0 Å². The van der Waals surface area contributed by atoms with Crippen LogP contribution in [0.4, 0.5) is 0 Å². The van der Waals surface area contributed by atoms with Gasteiger partial charge in [-0.25, -0.2) is 0 Å². The van der Waals surface area contributed by atoms with E-state index in [-0.39, 0.29) is 12.3 Å². The monoisotopic (exact) mass is 1110 g/mol. The first kappa shape index (κ1) is 69.0. The minimum absolute atomic E-state index is 0.174. The normalized spacial score (nSPS) is 31.2. The molecule has 0 aliphatic carbocycles. The summed E-state index contributed by atoms with van der Waals surface area (Å²) in [6.07, 6.45) is 24.0. The minimum atomic E-state index is -1.99. The van der Waals surface area contributed by atoms with Crippen LogP contribution in [-0.2, 0) is 33.2 Å². The molecule has 3 rings (SSSR count). The van der Waals surface area contributed by atoms with Crippen molar-refractivity contribution in [2.24, 2.45) is 0 Å². The van der Waals surface area contributed by atoms with Gasteiger partial charge in [-0.15, -0.1) is 0 Å². The van der Waals surface area contributed by atoms with Crippen molar-refractivity contribution >= 4 is 5.91 Å². The second-order valence-corrected chi connectivity index (χ2v) is 20.0. The Balaban J connectivity index is 1.53. The van der Waals surface area contributed by atoms with Gasteiger partial charge >= 0.3 is 0 Å². The van der Waals surface area contributed by atoms with Gasteiger partial charge in [-0.3, -0.25) is 4.79 Å². The third kappa shape index (κ3) is 25.7. The molecule has 0 aromatic rings. The van der Waals surface area contributed by atoms with Crippen molar-refractivity contribution in [2.75, 3.05) is 26.4 Å². The standard InChI is InChI=1S/C59H97NO18/c1-3-5-7-9-11-13-15-17-18-19-20-21-22-23-24-25-27-29-31-33-35-37-47(65)60-42(43(64)36-34-32-30-28-26-16-14-12-10-8-6-4-2)41-73-57-53(71)50(68)55(45(39-62)75-57)78-59-54(72)51(69)56(46(40-63)76-59)77-58-52(70)49(67)48(66)44(38-61)74-58/h5,7,11,13,17-18,20-21,23-24,26-29,34,36,42-46,48-59,61-64,66-72H,3-4,6,8-10,12,14-16,19,22,25,30-33,35,37-41H2,1-2H3,(H,60,65)/b7-5-,13-11-,18-17-,21-20-,24-23-,28-26+,29-27-,36-34+. The molecule has 0 saturated carbocycles. The number of hydrogen-bond donors (Lipinski definition) is 12. The topological polar surface area (TPSA) is 307 Å². The number of carbonyl (C=O) groups excluding carboxylic acids is 1. The second kappa shape index (κ2) is 41.7. The van der Waals surface area contributed by atoms with Gasteiger partial charge < -0.3 is 89.9 Å². The van der Waals surface area contributed by atoms with Gasteiger partial charge in [0.05, 0.1) is 38.6 Å². The van der Waals surface area contributed by atoms with E-state index in [4.69, 9.17) is 28.4 Å². The van der Waals surface area contributed by atoms with Gasteiger partial charge in [-0.05, 0) is 83.5 Å². The first-order chi connectivity index (χ1) is 37.8. The number of aliphatic hydroxyl groups excluding tert-OH is 11. The molecule has 17 atom stereocenters. The highest BCUT2D eigenvalue weighted by atomic mass is 16.8. The maximum Gasteiger partial charge on any atom is 0.220 e. The summed E-state index contributed by atoms with van der Waals surface area (Å²) in [6, 6.07) is -1.02. The molecule has 0 aromatic heterocycles. The maximum absolute atomic E-state index is 13.3. The molecule has 19 nitrogen and oxygen atoms in total. The highest BCUT2D eigenvalue weighted by Gasteiger charge is 2.53. The average molecular weight is 1110 g/mol. The number of unbranched alkanes of at least 4 members (excludes halogenated alkanes) is 9. The predicted octanol–water partition coefficient (Wildman–Crippen LogP) is 4.20. The third-order valence-electron chi connectivity index (χ3n) is 13.6. The van der Waals surface area contributed by atoms with E-state index < -0.39 is 131 Å². The van der Waals surface area contributed by atoms with Gasteiger partial charge in [0, 0.05) is 6.42 Å². The Kier molecular flexibility index (Phi) is 36.8. The lowest BCUT2D eigenvalue weighted by atomic mass is 9.96. The van der Waals surface area contributed by atoms with Crippen molar-refractivity contribution in [3.63, 3.8) is 0 Å². The van der Waals surface area contributed by atoms with Crippen LogP contribution in [0.3, 0.4) is 0 Å². The Morgan fingerprint density at radius 2 is 0.897 bits per heavy atom. The first-order valence-corrected chi connectivity index (χ1v) is 28.5. The SMILES string of the molecule is CC/C=C\C/C=C\C/C=C\C/C=C\C/C=C\C/C=C\CCCCC(=O)NC(COC1OC(CO)C(OC2OC(CO)C(OC3OC(CO)C(O)C(O)C3O)C(O)C2O)C(O)C1O)C(O)/C=C/CC/C=C/CCCCCCCC. The molecular weight excluding hydrogens is 1010 g/mol. The van der Waals surface area contributed by atoms with E-state index in [2.05, 4.69) is 104 Å². The van der Waals surface area contributed by atoms with Gasteiger partial charge in [-0.2, -0.15) is 0 Å². The number of nitrogens with one attached hydrogen (secondary N) is 1. The Morgan fingerprint density at radius 3 is 1.44 bits per heavy atom. The van der Waals surface area contributed by atoms with E-state index in [1.165, 1.54) is 32.1 Å². The molecular formula is C59H97NO18. The van der Waals surface area contributed by atoms with Crippen LogP contribution >= 0.6 is 0 Å². The van der Waals surface area contributed by atoms with Crippen molar-refractivity contribution in [3.05, 3.63) is 97.2 Å². The smallest absolute Gasteiger partial charge is 0.220 e. The Hall–Kier alpha value is -3.29. The van der Waals surface area contributed by atoms with Gasteiger partial charge in [0.1, 0.15) is 73.2 Å². The Bertz CT molecular complexity index is 1800. The van der Waals surface area contributed by atoms with Crippen molar-refractivity contribution < 1.29 is 89.4 Å². The van der Waals surface area contributed by atoms with E-state index in [1.54, 1.807) is 6.08 Å². The molecule has 12 N–H and O–H groups in total. The lowest BCUT2D eigenvalue weighted by molar-refractivity contribution is -0.379. The van der Waals surface area contributed by atoms with Crippen molar-refractivity contribution in [3.8, 4) is 0 Å². The summed E-state index contributed by atoms with van der Waals surface area (Å²) >= 11 is 0. The van der Waals surface area contributed by atoms with Crippen LogP contribution < -0.4 is 5.32 Å². The van der Waals surface area contributed by atoms with Crippen molar-refractivity contribution in [2.45, 2.75) is 240 Å². The predicted molar refractivity (Wildman–Crippen MR) is 295 cm³/mol. The van der Waals surface area contributed by atoms with Crippen molar-refractivity contribution in [1.29, 1.82) is 0 Å². The molecule has 0 radical (unpaired) electrons. The van der Waals surface area contributed by atoms with E-state index in [1.807, 2.05) is 6.08 Å². The summed E-state index contributed by atoms with van der Waals surface area (Å²) in [5.41, 5.74) is 0. The summed E-state index contributed by atoms with van der Waals surface area (Å²) in [7, 11) is 0. The average Bonchev–Trinajstić information content (AvgIpc) is 3.46. The molecule has 19 heteroatoms. The number of rotatable bonds is 39. The number of amides is 1. The first-order valence-electron chi connectivity index (χ1n) is 28.5. The molecule has 3 saturated heterocycles. The van der Waals surface area contributed by atoms with Crippen LogP contribution in [0.2, 0.25) is 0 Å². The summed E-state index contributed by atoms with van der Waals surface area (Å²) in [5.74, 6) is -0.335. The summed E-state index contributed by atoms with van der Waals surface area (Å²) in [5, 5.41) is 120. The fourth-order valence-electron chi connectivity index (χ4n) is 8.91. The zero-order valence-electron chi connectivity index (χ0n) is 46.1. The molecule has 0 bridgehead atoms. The van der Waals surface area contributed by atoms with Gasteiger partial charge in [0.25, 0.3) is 0 Å². The Morgan fingerprint density at radius 1 is 0.474 bits per heavy atom.